The summed E-state index contributed by atoms with van der Waals surface area (Å²) in [4.78, 5) is 14.1. The molecule has 94 valence electrons. The maximum absolute atomic E-state index is 11.7. The van der Waals surface area contributed by atoms with Crippen LogP contribution in [0.2, 0.25) is 0 Å². The highest BCUT2D eigenvalue weighted by Gasteiger charge is 2.16. The number of rotatable bonds is 8. The summed E-state index contributed by atoms with van der Waals surface area (Å²) in [5.41, 5.74) is 5.42. The zero-order valence-corrected chi connectivity index (χ0v) is 11.3. The average Bonchev–Trinajstić information content (AvgIpc) is 2.24. The first-order valence-electron chi connectivity index (χ1n) is 5.75. The molecule has 0 radical (unpaired) electrons. The van der Waals surface area contributed by atoms with Crippen molar-refractivity contribution in [3.05, 3.63) is 0 Å². The molecule has 0 aromatic heterocycles. The van der Waals surface area contributed by atoms with Gasteiger partial charge in [0.1, 0.15) is 0 Å². The van der Waals surface area contributed by atoms with E-state index in [1.807, 2.05) is 18.9 Å². The summed E-state index contributed by atoms with van der Waals surface area (Å²) in [6, 6.07) is -0.133. The molecule has 0 aromatic rings. The Balaban J connectivity index is 3.86. The van der Waals surface area contributed by atoms with Gasteiger partial charge in [-0.05, 0) is 20.4 Å². The Morgan fingerprint density at radius 2 is 2.19 bits per heavy atom. The third kappa shape index (κ3) is 6.74. The Morgan fingerprint density at radius 1 is 1.56 bits per heavy atom. The maximum Gasteiger partial charge on any atom is 0.237 e. The molecule has 0 spiro atoms. The van der Waals surface area contributed by atoms with Crippen LogP contribution >= 0.6 is 12.2 Å². The quantitative estimate of drug-likeness (QED) is 0.493. The van der Waals surface area contributed by atoms with E-state index in [-0.39, 0.29) is 11.9 Å². The van der Waals surface area contributed by atoms with Crippen LogP contribution in [0.5, 0.6) is 0 Å². The summed E-state index contributed by atoms with van der Waals surface area (Å²) in [6.45, 7) is 5.46. The van der Waals surface area contributed by atoms with Crippen molar-refractivity contribution in [2.24, 2.45) is 5.73 Å². The minimum absolute atomic E-state index is 0.0684. The van der Waals surface area contributed by atoms with Gasteiger partial charge in [-0.1, -0.05) is 25.6 Å². The number of hydrogen-bond donors (Lipinski definition) is 2. The fourth-order valence-corrected chi connectivity index (χ4v) is 1.31. The third-order valence-electron chi connectivity index (χ3n) is 2.58. The van der Waals surface area contributed by atoms with Gasteiger partial charge in [0.15, 0.2) is 0 Å². The molecule has 1 amide bonds. The van der Waals surface area contributed by atoms with E-state index in [1.165, 1.54) is 0 Å². The predicted octanol–water partition coefficient (Wildman–Crippen LogP) is 0.899. The average molecular weight is 245 g/mol. The second-order valence-electron chi connectivity index (χ2n) is 4.02. The van der Waals surface area contributed by atoms with Crippen molar-refractivity contribution in [2.45, 2.75) is 39.2 Å². The molecule has 0 aliphatic rings. The number of carbonyl (C=O) groups excluding carboxylic acids is 1. The molecule has 0 aromatic carbocycles. The van der Waals surface area contributed by atoms with Crippen molar-refractivity contribution in [3.63, 3.8) is 0 Å². The van der Waals surface area contributed by atoms with Crippen LogP contribution in [0.15, 0.2) is 0 Å². The van der Waals surface area contributed by atoms with E-state index in [0.717, 1.165) is 25.9 Å². The summed E-state index contributed by atoms with van der Waals surface area (Å²) in [5.74, 6) is 0.0684. The number of amides is 1. The minimum Gasteiger partial charge on any atom is -0.393 e. The Hall–Kier alpha value is -0.680. The summed E-state index contributed by atoms with van der Waals surface area (Å²) >= 11 is 4.80. The molecule has 0 aliphatic heterocycles. The molecule has 0 saturated heterocycles. The molecule has 0 fully saturated rings. The zero-order chi connectivity index (χ0) is 12.6. The third-order valence-corrected chi connectivity index (χ3v) is 2.79. The molecule has 1 atom stereocenters. The normalized spacial score (nSPS) is 12.5. The van der Waals surface area contributed by atoms with E-state index in [9.17, 15) is 4.79 Å². The molecule has 0 saturated carbocycles. The van der Waals surface area contributed by atoms with Crippen LogP contribution in [-0.2, 0) is 4.79 Å². The smallest absolute Gasteiger partial charge is 0.237 e. The molecule has 5 heteroatoms. The summed E-state index contributed by atoms with van der Waals surface area (Å²) in [6.07, 6.45) is 2.76. The predicted molar refractivity (Wildman–Crippen MR) is 71.4 cm³/mol. The first-order valence-corrected chi connectivity index (χ1v) is 6.16. The van der Waals surface area contributed by atoms with Gasteiger partial charge in [0.05, 0.1) is 11.0 Å². The summed E-state index contributed by atoms with van der Waals surface area (Å²) in [5, 5.41) is 2.91. The van der Waals surface area contributed by atoms with Gasteiger partial charge in [-0.2, -0.15) is 0 Å². The summed E-state index contributed by atoms with van der Waals surface area (Å²) < 4.78 is 0. The van der Waals surface area contributed by atoms with Crippen molar-refractivity contribution < 1.29 is 4.79 Å². The Bertz CT molecular complexity index is 233. The van der Waals surface area contributed by atoms with Gasteiger partial charge in [0, 0.05) is 19.5 Å². The lowest BCUT2D eigenvalue weighted by Crippen LogP contribution is -2.44. The molecule has 0 heterocycles. The van der Waals surface area contributed by atoms with Crippen molar-refractivity contribution in [1.82, 2.24) is 10.2 Å². The highest BCUT2D eigenvalue weighted by atomic mass is 32.1. The van der Waals surface area contributed by atoms with Gasteiger partial charge in [0.2, 0.25) is 5.91 Å². The van der Waals surface area contributed by atoms with Crippen molar-refractivity contribution in [1.29, 1.82) is 0 Å². The highest BCUT2D eigenvalue weighted by Crippen LogP contribution is 1.98. The molecule has 4 nitrogen and oxygen atoms in total. The van der Waals surface area contributed by atoms with Crippen LogP contribution in [0.4, 0.5) is 0 Å². The molecule has 16 heavy (non-hydrogen) atoms. The lowest BCUT2D eigenvalue weighted by molar-refractivity contribution is -0.125. The van der Waals surface area contributed by atoms with Gasteiger partial charge in [0.25, 0.3) is 0 Å². The first-order chi connectivity index (χ1) is 7.49. The van der Waals surface area contributed by atoms with E-state index in [4.69, 9.17) is 18.0 Å². The van der Waals surface area contributed by atoms with E-state index >= 15 is 0 Å². The second kappa shape index (κ2) is 8.47. The molecule has 0 bridgehead atoms. The largest absolute Gasteiger partial charge is 0.393 e. The fourth-order valence-electron chi connectivity index (χ4n) is 1.22. The van der Waals surface area contributed by atoms with E-state index in [0.29, 0.717) is 11.4 Å². The topological polar surface area (TPSA) is 58.4 Å². The monoisotopic (exact) mass is 245 g/mol. The number of nitrogens with zero attached hydrogens (tertiary/aromatic N) is 1. The minimum atomic E-state index is -0.133. The number of thiocarbonyl (C=S) groups is 1. The Morgan fingerprint density at radius 3 is 2.69 bits per heavy atom. The number of carbonyl (C=O) groups is 1. The van der Waals surface area contributed by atoms with Crippen molar-refractivity contribution in [2.75, 3.05) is 20.1 Å². The lowest BCUT2D eigenvalue weighted by atomic mass is 10.2. The number of likely N-dealkylation sites (N-methyl/N-ethyl adjacent to an activating group) is 1. The maximum atomic E-state index is 11.7. The summed E-state index contributed by atoms with van der Waals surface area (Å²) in [7, 11) is 1.91. The molecular formula is C11H23N3OS. The molecule has 1 unspecified atom stereocenters. The number of nitrogens with two attached hydrogens (primary N) is 1. The van der Waals surface area contributed by atoms with Crippen LogP contribution in [0.3, 0.4) is 0 Å². The molecule has 3 N–H and O–H groups in total. The van der Waals surface area contributed by atoms with Crippen molar-refractivity contribution >= 4 is 23.1 Å². The zero-order valence-electron chi connectivity index (χ0n) is 10.5. The Kier molecular flexibility index (Phi) is 8.11. The van der Waals surface area contributed by atoms with Gasteiger partial charge >= 0.3 is 0 Å². The molecule has 0 aliphatic carbocycles. The number of hydrogen-bond acceptors (Lipinski definition) is 3. The highest BCUT2D eigenvalue weighted by molar-refractivity contribution is 7.80. The van der Waals surface area contributed by atoms with Crippen LogP contribution < -0.4 is 11.1 Å². The standard InChI is InChI=1S/C11H23N3OS/c1-4-5-7-13-11(15)9(2)14(3)8-6-10(12)16/h9H,4-8H2,1-3H3,(H2,12,16)(H,13,15). The van der Waals surface area contributed by atoms with E-state index in [2.05, 4.69) is 12.2 Å². The SMILES string of the molecule is CCCCNC(=O)C(C)N(C)CCC(N)=S. The van der Waals surface area contributed by atoms with Gasteiger partial charge < -0.3 is 11.1 Å². The number of nitrogens with one attached hydrogen (secondary N) is 1. The van der Waals surface area contributed by atoms with Gasteiger partial charge in [-0.15, -0.1) is 0 Å². The Labute approximate surface area is 104 Å². The van der Waals surface area contributed by atoms with Crippen LogP contribution in [-0.4, -0.2) is 42.0 Å². The van der Waals surface area contributed by atoms with Crippen LogP contribution in [0.25, 0.3) is 0 Å². The fraction of sp³-hybridized carbons (Fsp3) is 0.818. The van der Waals surface area contributed by atoms with E-state index in [1.54, 1.807) is 0 Å². The van der Waals surface area contributed by atoms with Crippen molar-refractivity contribution in [3.8, 4) is 0 Å². The molecular weight excluding hydrogens is 222 g/mol. The first kappa shape index (κ1) is 15.3. The second-order valence-corrected chi connectivity index (χ2v) is 4.54. The molecule has 0 rings (SSSR count). The van der Waals surface area contributed by atoms with Gasteiger partial charge in [-0.3, -0.25) is 9.69 Å². The lowest BCUT2D eigenvalue weighted by Gasteiger charge is -2.23. The number of unbranched alkanes of at least 4 members (excludes halogenated alkanes) is 1. The van der Waals surface area contributed by atoms with Crippen LogP contribution in [0.1, 0.15) is 33.1 Å². The van der Waals surface area contributed by atoms with Crippen LogP contribution in [0, 0.1) is 0 Å². The van der Waals surface area contributed by atoms with Gasteiger partial charge in [-0.25, -0.2) is 0 Å². The van der Waals surface area contributed by atoms with E-state index < -0.39 is 0 Å².